The van der Waals surface area contributed by atoms with E-state index in [-0.39, 0.29) is 0 Å². The number of aromatic nitrogens is 1. The summed E-state index contributed by atoms with van der Waals surface area (Å²) in [5.41, 5.74) is 1.27. The molecule has 0 saturated heterocycles. The van der Waals surface area contributed by atoms with Crippen LogP contribution >= 0.6 is 0 Å². The van der Waals surface area contributed by atoms with Crippen LogP contribution in [0.2, 0.25) is 0 Å². The van der Waals surface area contributed by atoms with Gasteiger partial charge in [-0.3, -0.25) is 4.98 Å². The first-order valence-corrected chi connectivity index (χ1v) is 4.94. The van der Waals surface area contributed by atoms with E-state index < -0.39 is 0 Å². The zero-order valence-electron chi connectivity index (χ0n) is 8.86. The largest absolute Gasteiger partial charge is 0.383 e. The molecule has 3 heteroatoms. The molecule has 0 fully saturated rings. The topological polar surface area (TPSA) is 34.1 Å². The average molecular weight is 194 g/mol. The van der Waals surface area contributed by atoms with Gasteiger partial charge in [-0.05, 0) is 31.5 Å². The standard InChI is InChI=1S/C11H18N2O/c1-10(9-14-2)13-7-5-11-4-3-6-12-8-11/h3-4,6,8,10,13H,5,7,9H2,1-2H3. The normalized spacial score (nSPS) is 12.7. The molecule has 1 aromatic rings. The fourth-order valence-corrected chi connectivity index (χ4v) is 1.32. The molecule has 0 radical (unpaired) electrons. The molecule has 1 heterocycles. The van der Waals surface area contributed by atoms with Crippen molar-refractivity contribution in [3.8, 4) is 0 Å². The molecular weight excluding hydrogens is 176 g/mol. The van der Waals surface area contributed by atoms with Crippen LogP contribution in [0, 0.1) is 0 Å². The van der Waals surface area contributed by atoms with E-state index in [9.17, 15) is 0 Å². The minimum Gasteiger partial charge on any atom is -0.383 e. The third-order valence-electron chi connectivity index (χ3n) is 2.05. The molecule has 1 unspecified atom stereocenters. The van der Waals surface area contributed by atoms with Gasteiger partial charge in [0, 0.05) is 25.5 Å². The number of nitrogens with zero attached hydrogens (tertiary/aromatic N) is 1. The summed E-state index contributed by atoms with van der Waals surface area (Å²) in [5.74, 6) is 0. The molecule has 1 N–H and O–H groups in total. The Kier molecular flexibility index (Phi) is 5.19. The van der Waals surface area contributed by atoms with E-state index in [2.05, 4.69) is 23.3 Å². The predicted octanol–water partition coefficient (Wildman–Crippen LogP) is 1.25. The number of hydrogen-bond acceptors (Lipinski definition) is 3. The lowest BCUT2D eigenvalue weighted by molar-refractivity contribution is 0.172. The van der Waals surface area contributed by atoms with Gasteiger partial charge in [0.1, 0.15) is 0 Å². The van der Waals surface area contributed by atoms with Crippen molar-refractivity contribution in [3.05, 3.63) is 30.1 Å². The van der Waals surface area contributed by atoms with Crippen LogP contribution in [0.1, 0.15) is 12.5 Å². The van der Waals surface area contributed by atoms with Crippen molar-refractivity contribution in [3.63, 3.8) is 0 Å². The van der Waals surface area contributed by atoms with Crippen molar-refractivity contribution in [2.75, 3.05) is 20.3 Å². The number of pyridine rings is 1. The van der Waals surface area contributed by atoms with Crippen LogP contribution in [0.3, 0.4) is 0 Å². The zero-order valence-corrected chi connectivity index (χ0v) is 8.86. The van der Waals surface area contributed by atoms with Gasteiger partial charge in [0.05, 0.1) is 6.61 Å². The molecule has 1 aromatic heterocycles. The monoisotopic (exact) mass is 194 g/mol. The van der Waals surface area contributed by atoms with E-state index in [4.69, 9.17) is 4.74 Å². The maximum atomic E-state index is 5.03. The van der Waals surface area contributed by atoms with Crippen molar-refractivity contribution < 1.29 is 4.74 Å². The first-order chi connectivity index (χ1) is 6.83. The molecule has 0 aliphatic rings. The fraction of sp³-hybridized carbons (Fsp3) is 0.545. The van der Waals surface area contributed by atoms with E-state index in [0.29, 0.717) is 6.04 Å². The SMILES string of the molecule is COCC(C)NCCc1cccnc1. The van der Waals surface area contributed by atoms with Crippen LogP contribution in [-0.2, 0) is 11.2 Å². The second kappa shape index (κ2) is 6.51. The molecule has 14 heavy (non-hydrogen) atoms. The van der Waals surface area contributed by atoms with Crippen LogP contribution in [0.25, 0.3) is 0 Å². The lowest BCUT2D eigenvalue weighted by atomic mass is 10.2. The quantitative estimate of drug-likeness (QED) is 0.740. The molecule has 0 spiro atoms. The Hall–Kier alpha value is -0.930. The molecule has 1 atom stereocenters. The Morgan fingerprint density at radius 3 is 3.07 bits per heavy atom. The molecular formula is C11H18N2O. The summed E-state index contributed by atoms with van der Waals surface area (Å²) in [6.07, 6.45) is 4.72. The summed E-state index contributed by atoms with van der Waals surface area (Å²) in [5, 5.41) is 3.38. The molecule has 3 nitrogen and oxygen atoms in total. The maximum Gasteiger partial charge on any atom is 0.0613 e. The van der Waals surface area contributed by atoms with E-state index in [1.165, 1.54) is 5.56 Å². The minimum atomic E-state index is 0.414. The smallest absolute Gasteiger partial charge is 0.0613 e. The van der Waals surface area contributed by atoms with Crippen LogP contribution in [-0.4, -0.2) is 31.3 Å². The van der Waals surface area contributed by atoms with Crippen molar-refractivity contribution in [1.82, 2.24) is 10.3 Å². The third kappa shape index (κ3) is 4.35. The lowest BCUT2D eigenvalue weighted by Gasteiger charge is -2.11. The summed E-state index contributed by atoms with van der Waals surface area (Å²) < 4.78 is 5.03. The molecule has 0 aliphatic heterocycles. The number of ether oxygens (including phenoxy) is 1. The van der Waals surface area contributed by atoms with Crippen molar-refractivity contribution >= 4 is 0 Å². The molecule has 1 rings (SSSR count). The molecule has 0 aromatic carbocycles. The highest BCUT2D eigenvalue weighted by Crippen LogP contribution is 1.95. The molecule has 0 amide bonds. The number of methoxy groups -OCH3 is 1. The summed E-state index contributed by atoms with van der Waals surface area (Å²) in [6, 6.07) is 4.47. The number of hydrogen-bond donors (Lipinski definition) is 1. The van der Waals surface area contributed by atoms with Crippen LogP contribution in [0.15, 0.2) is 24.5 Å². The van der Waals surface area contributed by atoms with Crippen LogP contribution < -0.4 is 5.32 Å². The van der Waals surface area contributed by atoms with E-state index in [0.717, 1.165) is 19.6 Å². The summed E-state index contributed by atoms with van der Waals surface area (Å²) in [6.45, 7) is 3.84. The molecule has 0 aliphatic carbocycles. The van der Waals surface area contributed by atoms with Gasteiger partial charge >= 0.3 is 0 Å². The first kappa shape index (κ1) is 11.1. The number of nitrogens with one attached hydrogen (secondary N) is 1. The summed E-state index contributed by atoms with van der Waals surface area (Å²) in [7, 11) is 1.72. The lowest BCUT2D eigenvalue weighted by Crippen LogP contribution is -2.31. The van der Waals surface area contributed by atoms with E-state index >= 15 is 0 Å². The Morgan fingerprint density at radius 1 is 1.57 bits per heavy atom. The first-order valence-electron chi connectivity index (χ1n) is 4.94. The minimum absolute atomic E-state index is 0.414. The fourth-order valence-electron chi connectivity index (χ4n) is 1.32. The van der Waals surface area contributed by atoms with Crippen LogP contribution in [0.5, 0.6) is 0 Å². The maximum absolute atomic E-state index is 5.03. The molecule has 0 saturated carbocycles. The summed E-state index contributed by atoms with van der Waals surface area (Å²) >= 11 is 0. The van der Waals surface area contributed by atoms with Gasteiger partial charge in [-0.15, -0.1) is 0 Å². The molecule has 0 bridgehead atoms. The predicted molar refractivity (Wildman–Crippen MR) is 57.3 cm³/mol. The summed E-state index contributed by atoms with van der Waals surface area (Å²) in [4.78, 5) is 4.07. The Labute approximate surface area is 85.5 Å². The van der Waals surface area contributed by atoms with Crippen molar-refractivity contribution in [1.29, 1.82) is 0 Å². The number of rotatable bonds is 6. The molecule has 78 valence electrons. The average Bonchev–Trinajstić information content (AvgIpc) is 2.20. The second-order valence-electron chi connectivity index (χ2n) is 3.42. The van der Waals surface area contributed by atoms with Gasteiger partial charge in [0.25, 0.3) is 0 Å². The highest BCUT2D eigenvalue weighted by atomic mass is 16.5. The van der Waals surface area contributed by atoms with Crippen molar-refractivity contribution in [2.24, 2.45) is 0 Å². The third-order valence-corrected chi connectivity index (χ3v) is 2.05. The van der Waals surface area contributed by atoms with Gasteiger partial charge in [-0.1, -0.05) is 6.07 Å². The van der Waals surface area contributed by atoms with Crippen LogP contribution in [0.4, 0.5) is 0 Å². The van der Waals surface area contributed by atoms with Gasteiger partial charge in [-0.25, -0.2) is 0 Å². The van der Waals surface area contributed by atoms with Crippen molar-refractivity contribution in [2.45, 2.75) is 19.4 Å². The van der Waals surface area contributed by atoms with Gasteiger partial charge < -0.3 is 10.1 Å². The Morgan fingerprint density at radius 2 is 2.43 bits per heavy atom. The highest BCUT2D eigenvalue weighted by Gasteiger charge is 1.99. The van der Waals surface area contributed by atoms with E-state index in [1.54, 1.807) is 13.3 Å². The van der Waals surface area contributed by atoms with Gasteiger partial charge in [0.2, 0.25) is 0 Å². The van der Waals surface area contributed by atoms with Gasteiger partial charge in [0.15, 0.2) is 0 Å². The Balaban J connectivity index is 2.16. The van der Waals surface area contributed by atoms with E-state index in [1.807, 2.05) is 12.3 Å². The Bertz CT molecular complexity index is 238. The highest BCUT2D eigenvalue weighted by molar-refractivity contribution is 5.08. The van der Waals surface area contributed by atoms with Gasteiger partial charge in [-0.2, -0.15) is 0 Å². The zero-order chi connectivity index (χ0) is 10.2. The second-order valence-corrected chi connectivity index (χ2v) is 3.42.